The summed E-state index contributed by atoms with van der Waals surface area (Å²) < 4.78 is 7.21. The highest BCUT2D eigenvalue weighted by molar-refractivity contribution is 5.91. The van der Waals surface area contributed by atoms with Crippen molar-refractivity contribution in [1.29, 1.82) is 5.26 Å². The molecule has 0 atom stereocenters. The van der Waals surface area contributed by atoms with Gasteiger partial charge < -0.3 is 4.74 Å². The van der Waals surface area contributed by atoms with E-state index in [1.54, 1.807) is 17.0 Å². The van der Waals surface area contributed by atoms with Crippen molar-refractivity contribution in [2.24, 2.45) is 0 Å². The number of rotatable bonds is 2. The second kappa shape index (κ2) is 4.99. The molecule has 0 bridgehead atoms. The third kappa shape index (κ3) is 2.27. The predicted molar refractivity (Wildman–Crippen MR) is 80.9 cm³/mol. The maximum Gasteiger partial charge on any atom is 0.357 e. The molecular weight excluding hydrogens is 278 g/mol. The van der Waals surface area contributed by atoms with Crippen LogP contribution >= 0.6 is 0 Å². The lowest BCUT2D eigenvalue weighted by atomic mass is 9.98. The van der Waals surface area contributed by atoms with E-state index < -0.39 is 5.60 Å². The summed E-state index contributed by atoms with van der Waals surface area (Å²) in [6.45, 7) is 5.76. The zero-order valence-corrected chi connectivity index (χ0v) is 12.9. The summed E-state index contributed by atoms with van der Waals surface area (Å²) in [6, 6.07) is 7.71. The van der Waals surface area contributed by atoms with Crippen LogP contribution in [0.4, 0.5) is 0 Å². The molecular formula is C17H17N3O2. The van der Waals surface area contributed by atoms with Gasteiger partial charge in [0.15, 0.2) is 5.69 Å². The summed E-state index contributed by atoms with van der Waals surface area (Å²) >= 11 is 0. The van der Waals surface area contributed by atoms with Crippen molar-refractivity contribution in [3.8, 4) is 11.8 Å². The average Bonchev–Trinajstić information content (AvgIpc) is 2.89. The number of hydrogen-bond donors (Lipinski definition) is 0. The number of nitrogens with zero attached hydrogens (tertiary/aromatic N) is 3. The first-order chi connectivity index (χ1) is 10.4. The maximum atomic E-state index is 12.3. The van der Waals surface area contributed by atoms with Gasteiger partial charge in [0.05, 0.1) is 17.3 Å². The Morgan fingerprint density at radius 3 is 2.91 bits per heavy atom. The van der Waals surface area contributed by atoms with Gasteiger partial charge in [-0.1, -0.05) is 6.92 Å². The number of aromatic nitrogens is 2. The highest BCUT2D eigenvalue weighted by Crippen LogP contribution is 2.29. The third-order valence-electron chi connectivity index (χ3n) is 3.87. The minimum atomic E-state index is -0.525. The number of benzene rings is 1. The summed E-state index contributed by atoms with van der Waals surface area (Å²) in [4.78, 5) is 16.7. The van der Waals surface area contributed by atoms with Gasteiger partial charge in [-0.15, -0.1) is 0 Å². The van der Waals surface area contributed by atoms with Crippen LogP contribution in [-0.2, 0) is 17.6 Å². The number of hydrogen-bond acceptors (Lipinski definition) is 4. The zero-order valence-electron chi connectivity index (χ0n) is 12.9. The summed E-state index contributed by atoms with van der Waals surface area (Å²) in [5, 5.41) is 9.12. The van der Waals surface area contributed by atoms with Gasteiger partial charge in [-0.2, -0.15) is 5.26 Å². The van der Waals surface area contributed by atoms with E-state index >= 15 is 0 Å². The molecule has 3 rings (SSSR count). The molecule has 0 spiro atoms. The van der Waals surface area contributed by atoms with Gasteiger partial charge in [0.2, 0.25) is 0 Å². The minimum absolute atomic E-state index is 0.355. The lowest BCUT2D eigenvalue weighted by Gasteiger charge is -2.29. The zero-order chi connectivity index (χ0) is 15.9. The Labute approximate surface area is 129 Å². The highest BCUT2D eigenvalue weighted by atomic mass is 16.6. The number of ether oxygens (including phenoxy) is 1. The molecule has 0 saturated carbocycles. The van der Waals surface area contributed by atoms with E-state index in [-0.39, 0.29) is 5.97 Å². The standard InChI is InChI=1S/C17H17N3O2/c1-4-11-7-13(6-5-12(11)9-18)20-10-19-14-8-17(2,3)22-16(21)15(14)20/h5-7,10H,4,8H2,1-3H3. The van der Waals surface area contributed by atoms with Crippen LogP contribution in [0.1, 0.15) is 48.1 Å². The fourth-order valence-corrected chi connectivity index (χ4v) is 2.80. The summed E-state index contributed by atoms with van der Waals surface area (Å²) in [6.07, 6.45) is 3.00. The van der Waals surface area contributed by atoms with Gasteiger partial charge in [-0.05, 0) is 44.0 Å². The van der Waals surface area contributed by atoms with Crippen LogP contribution in [-0.4, -0.2) is 21.1 Å². The number of carbonyl (C=O) groups excluding carboxylic acids is 1. The van der Waals surface area contributed by atoms with E-state index in [0.717, 1.165) is 23.4 Å². The molecule has 22 heavy (non-hydrogen) atoms. The topological polar surface area (TPSA) is 67.9 Å². The Morgan fingerprint density at radius 1 is 1.45 bits per heavy atom. The number of cyclic esters (lactones) is 1. The lowest BCUT2D eigenvalue weighted by molar-refractivity contribution is -0.00795. The first-order valence-electron chi connectivity index (χ1n) is 7.28. The number of imidazole rings is 1. The van der Waals surface area contributed by atoms with E-state index in [9.17, 15) is 4.79 Å². The van der Waals surface area contributed by atoms with Gasteiger partial charge in [0.25, 0.3) is 0 Å². The van der Waals surface area contributed by atoms with Crippen molar-refractivity contribution in [3.63, 3.8) is 0 Å². The van der Waals surface area contributed by atoms with Crippen LogP contribution in [0.25, 0.3) is 5.69 Å². The first kappa shape index (κ1) is 14.3. The van der Waals surface area contributed by atoms with Crippen molar-refractivity contribution < 1.29 is 9.53 Å². The van der Waals surface area contributed by atoms with Gasteiger partial charge >= 0.3 is 5.97 Å². The van der Waals surface area contributed by atoms with Crippen molar-refractivity contribution >= 4 is 5.97 Å². The van der Waals surface area contributed by atoms with Crippen molar-refractivity contribution in [2.75, 3.05) is 0 Å². The number of esters is 1. The van der Waals surface area contributed by atoms with Crippen LogP contribution in [0.15, 0.2) is 24.5 Å². The number of aryl methyl sites for hydroxylation is 1. The van der Waals surface area contributed by atoms with Crippen molar-refractivity contribution in [1.82, 2.24) is 9.55 Å². The largest absolute Gasteiger partial charge is 0.455 e. The van der Waals surface area contributed by atoms with E-state index in [1.165, 1.54) is 0 Å². The molecule has 5 nitrogen and oxygen atoms in total. The van der Waals surface area contributed by atoms with E-state index in [4.69, 9.17) is 10.00 Å². The van der Waals surface area contributed by atoms with E-state index in [0.29, 0.717) is 17.7 Å². The molecule has 5 heteroatoms. The number of carbonyl (C=O) groups is 1. The van der Waals surface area contributed by atoms with E-state index in [2.05, 4.69) is 11.1 Å². The Morgan fingerprint density at radius 2 is 2.23 bits per heavy atom. The highest BCUT2D eigenvalue weighted by Gasteiger charge is 2.36. The van der Waals surface area contributed by atoms with Crippen molar-refractivity contribution in [2.45, 2.75) is 39.2 Å². The van der Waals surface area contributed by atoms with Crippen LogP contribution in [0, 0.1) is 11.3 Å². The molecule has 1 aliphatic heterocycles. The van der Waals surface area contributed by atoms with E-state index in [1.807, 2.05) is 32.9 Å². The number of fused-ring (bicyclic) bond motifs is 1. The van der Waals surface area contributed by atoms with Crippen LogP contribution < -0.4 is 0 Å². The monoisotopic (exact) mass is 295 g/mol. The van der Waals surface area contributed by atoms with Crippen LogP contribution in [0.2, 0.25) is 0 Å². The summed E-state index contributed by atoms with van der Waals surface area (Å²) in [5.41, 5.74) is 3.13. The quantitative estimate of drug-likeness (QED) is 0.799. The van der Waals surface area contributed by atoms with Gasteiger partial charge in [-0.25, -0.2) is 9.78 Å². The fourth-order valence-electron chi connectivity index (χ4n) is 2.80. The normalized spacial score (nSPS) is 15.8. The molecule has 0 amide bonds. The Balaban J connectivity index is 2.11. The van der Waals surface area contributed by atoms with Crippen LogP contribution in [0.5, 0.6) is 0 Å². The predicted octanol–water partition coefficient (Wildman–Crippen LogP) is 2.80. The van der Waals surface area contributed by atoms with Gasteiger partial charge in [0, 0.05) is 12.1 Å². The van der Waals surface area contributed by atoms with Crippen LogP contribution in [0.3, 0.4) is 0 Å². The Hall–Kier alpha value is -2.61. The SMILES string of the molecule is CCc1cc(-n2cnc3c2C(=O)OC(C)(C)C3)ccc1C#N. The number of nitriles is 1. The first-order valence-corrected chi connectivity index (χ1v) is 7.28. The molecule has 2 aromatic rings. The molecule has 1 aliphatic rings. The molecule has 0 aliphatic carbocycles. The molecule has 0 unspecified atom stereocenters. The Kier molecular flexibility index (Phi) is 3.25. The van der Waals surface area contributed by atoms with Gasteiger partial charge in [0.1, 0.15) is 11.9 Å². The van der Waals surface area contributed by atoms with Gasteiger partial charge in [-0.3, -0.25) is 4.57 Å². The molecule has 1 aromatic carbocycles. The fraction of sp³-hybridized carbons (Fsp3) is 0.353. The molecule has 0 radical (unpaired) electrons. The molecule has 0 fully saturated rings. The maximum absolute atomic E-state index is 12.3. The second-order valence-electron chi connectivity index (χ2n) is 6.04. The summed E-state index contributed by atoms with van der Waals surface area (Å²) in [5.74, 6) is -0.355. The third-order valence-corrected chi connectivity index (χ3v) is 3.87. The minimum Gasteiger partial charge on any atom is -0.455 e. The Bertz CT molecular complexity index is 797. The summed E-state index contributed by atoms with van der Waals surface area (Å²) in [7, 11) is 0. The second-order valence-corrected chi connectivity index (χ2v) is 6.04. The molecule has 112 valence electrons. The molecule has 1 aromatic heterocycles. The molecule has 0 saturated heterocycles. The molecule has 0 N–H and O–H groups in total. The van der Waals surface area contributed by atoms with Crippen molar-refractivity contribution in [3.05, 3.63) is 47.0 Å². The lowest BCUT2D eigenvalue weighted by Crippen LogP contribution is -2.36. The average molecular weight is 295 g/mol. The molecule has 2 heterocycles. The smallest absolute Gasteiger partial charge is 0.357 e.